The van der Waals surface area contributed by atoms with Crippen LogP contribution in [0.2, 0.25) is 0 Å². The molecule has 0 fully saturated rings. The summed E-state index contributed by atoms with van der Waals surface area (Å²) in [7, 11) is -3.77. The van der Waals surface area contributed by atoms with E-state index in [2.05, 4.69) is 5.09 Å². The van der Waals surface area contributed by atoms with Gasteiger partial charge < -0.3 is 9.05 Å². The van der Waals surface area contributed by atoms with E-state index >= 15 is 0 Å². The summed E-state index contributed by atoms with van der Waals surface area (Å²) in [5.41, 5.74) is 0.423. The van der Waals surface area contributed by atoms with Gasteiger partial charge in [0.05, 0.1) is 0 Å². The molecule has 0 aliphatic carbocycles. The Morgan fingerprint density at radius 1 is 0.708 bits per heavy atom. The Kier molecular flexibility index (Phi) is 4.82. The van der Waals surface area contributed by atoms with Crippen molar-refractivity contribution in [2.45, 2.75) is 0 Å². The Bertz CT molecular complexity index is 780. The van der Waals surface area contributed by atoms with Crippen molar-refractivity contribution < 1.29 is 18.0 Å². The minimum Gasteiger partial charge on any atom is -0.400 e. The number of benzene rings is 3. The monoisotopic (exact) mass is 343 g/mol. The fraction of sp³-hybridized carbons (Fsp3) is 0. The van der Waals surface area contributed by atoms with Gasteiger partial charge in [-0.25, -0.2) is 8.96 Å². The van der Waals surface area contributed by atoms with Crippen LogP contribution in [-0.2, 0) is 4.57 Å². The molecule has 0 saturated carbocycles. The summed E-state index contributed by atoms with van der Waals surface area (Å²) in [6.45, 7) is 0. The van der Waals surface area contributed by atoms with Crippen molar-refractivity contribution in [1.82, 2.24) is 0 Å². The quantitative estimate of drug-likeness (QED) is 0.600. The van der Waals surface area contributed by atoms with Gasteiger partial charge in [-0.3, -0.25) is 5.09 Å². The smallest absolute Gasteiger partial charge is 0.400 e. The molecule has 0 heterocycles. The van der Waals surface area contributed by atoms with Crippen molar-refractivity contribution in [2.24, 2.45) is 0 Å². The maximum absolute atomic E-state index is 13.2. The normalized spacial score (nSPS) is 10.9. The van der Waals surface area contributed by atoms with E-state index in [0.717, 1.165) is 0 Å². The minimum absolute atomic E-state index is 0.386. The summed E-state index contributed by atoms with van der Waals surface area (Å²) in [6.07, 6.45) is 0. The van der Waals surface area contributed by atoms with Crippen LogP contribution >= 0.6 is 7.75 Å². The largest absolute Gasteiger partial charge is 0.541 e. The maximum atomic E-state index is 13.2. The Morgan fingerprint density at radius 3 is 1.62 bits per heavy atom. The van der Waals surface area contributed by atoms with Gasteiger partial charge in [0.2, 0.25) is 0 Å². The Hall–Kier alpha value is -2.78. The lowest BCUT2D eigenvalue weighted by Gasteiger charge is -2.21. The highest BCUT2D eigenvalue weighted by Crippen LogP contribution is 2.48. The van der Waals surface area contributed by atoms with Gasteiger partial charge in [0.15, 0.2) is 0 Å². The topological polar surface area (TPSA) is 47.6 Å². The second-order valence-corrected chi connectivity index (χ2v) is 6.51. The molecule has 0 aromatic heterocycles. The molecule has 0 aliphatic rings. The third-order valence-electron chi connectivity index (χ3n) is 3.05. The molecular formula is C18H15FNO3P. The molecule has 6 heteroatoms. The van der Waals surface area contributed by atoms with Crippen molar-refractivity contribution in [3.8, 4) is 11.5 Å². The third-order valence-corrected chi connectivity index (χ3v) is 4.48. The van der Waals surface area contributed by atoms with Crippen LogP contribution in [0.4, 0.5) is 10.1 Å². The number of hydrogen-bond acceptors (Lipinski definition) is 3. The second-order valence-electron chi connectivity index (χ2n) is 4.92. The first-order chi connectivity index (χ1) is 11.6. The summed E-state index contributed by atoms with van der Waals surface area (Å²) in [5, 5.41) is 2.72. The second kappa shape index (κ2) is 7.20. The zero-order chi connectivity index (χ0) is 16.8. The van der Waals surface area contributed by atoms with Gasteiger partial charge >= 0.3 is 7.75 Å². The highest BCUT2D eigenvalue weighted by atomic mass is 31.2. The fourth-order valence-corrected chi connectivity index (χ4v) is 3.38. The van der Waals surface area contributed by atoms with Gasteiger partial charge in [-0.2, -0.15) is 0 Å². The molecule has 3 aromatic carbocycles. The Morgan fingerprint density at radius 2 is 1.17 bits per heavy atom. The zero-order valence-electron chi connectivity index (χ0n) is 12.6. The van der Waals surface area contributed by atoms with Gasteiger partial charge in [0.1, 0.15) is 17.3 Å². The predicted octanol–water partition coefficient (Wildman–Crippen LogP) is 5.50. The van der Waals surface area contributed by atoms with E-state index < -0.39 is 7.75 Å². The first-order valence-electron chi connectivity index (χ1n) is 7.26. The molecule has 0 radical (unpaired) electrons. The first-order valence-corrected chi connectivity index (χ1v) is 8.80. The maximum Gasteiger partial charge on any atom is 0.541 e. The van der Waals surface area contributed by atoms with E-state index in [-0.39, 0.29) is 5.82 Å². The lowest BCUT2D eigenvalue weighted by atomic mass is 10.3. The average Bonchev–Trinajstić information content (AvgIpc) is 2.58. The summed E-state index contributed by atoms with van der Waals surface area (Å²) < 4.78 is 37.3. The van der Waals surface area contributed by atoms with Crippen molar-refractivity contribution in [3.63, 3.8) is 0 Å². The molecule has 0 aliphatic heterocycles. The number of para-hydroxylation sites is 2. The van der Waals surface area contributed by atoms with E-state index in [4.69, 9.17) is 9.05 Å². The van der Waals surface area contributed by atoms with Crippen molar-refractivity contribution >= 4 is 13.4 Å². The summed E-state index contributed by atoms with van der Waals surface area (Å²) in [5.74, 6) is 0.404. The third kappa shape index (κ3) is 4.37. The molecule has 4 nitrogen and oxygen atoms in total. The molecule has 24 heavy (non-hydrogen) atoms. The van der Waals surface area contributed by atoms with Crippen LogP contribution in [0.25, 0.3) is 0 Å². The molecule has 0 saturated heterocycles. The van der Waals surface area contributed by atoms with Crippen LogP contribution < -0.4 is 14.1 Å². The van der Waals surface area contributed by atoms with Gasteiger partial charge in [-0.1, -0.05) is 36.4 Å². The molecule has 0 atom stereocenters. The van der Waals surface area contributed by atoms with E-state index in [1.807, 2.05) is 12.1 Å². The van der Waals surface area contributed by atoms with Crippen molar-refractivity contribution in [3.05, 3.63) is 90.7 Å². The van der Waals surface area contributed by atoms with E-state index in [9.17, 15) is 8.96 Å². The lowest BCUT2D eigenvalue weighted by molar-refractivity contribution is 0.393. The van der Waals surface area contributed by atoms with Crippen LogP contribution in [0.5, 0.6) is 11.5 Å². The summed E-state index contributed by atoms with van der Waals surface area (Å²) in [4.78, 5) is 0. The lowest BCUT2D eigenvalue weighted by Crippen LogP contribution is -2.09. The Labute approximate surface area is 139 Å². The number of nitrogens with one attached hydrogen (secondary N) is 1. The molecule has 3 rings (SSSR count). The van der Waals surface area contributed by atoms with Crippen molar-refractivity contribution in [1.29, 1.82) is 0 Å². The molecule has 0 amide bonds. The van der Waals surface area contributed by atoms with Crippen LogP contribution in [0.15, 0.2) is 84.9 Å². The van der Waals surface area contributed by atoms with Gasteiger partial charge in [0, 0.05) is 5.69 Å². The molecule has 0 spiro atoms. The molecule has 0 unspecified atom stereocenters. The van der Waals surface area contributed by atoms with Crippen molar-refractivity contribution in [2.75, 3.05) is 5.09 Å². The number of halogens is 1. The summed E-state index contributed by atoms with van der Waals surface area (Å²) in [6, 6.07) is 22.8. The van der Waals surface area contributed by atoms with Crippen LogP contribution in [0.1, 0.15) is 0 Å². The van der Waals surface area contributed by atoms with Gasteiger partial charge in [-0.05, 0) is 48.5 Å². The number of anilines is 1. The number of rotatable bonds is 6. The Balaban J connectivity index is 1.87. The number of hydrogen-bond donors (Lipinski definition) is 1. The van der Waals surface area contributed by atoms with E-state index in [0.29, 0.717) is 17.2 Å². The molecule has 3 aromatic rings. The average molecular weight is 343 g/mol. The van der Waals surface area contributed by atoms with E-state index in [1.54, 1.807) is 48.5 Å². The van der Waals surface area contributed by atoms with Gasteiger partial charge in [0.25, 0.3) is 0 Å². The predicted molar refractivity (Wildman–Crippen MR) is 91.8 cm³/mol. The van der Waals surface area contributed by atoms with Crippen LogP contribution in [0.3, 0.4) is 0 Å². The molecule has 1 N–H and O–H groups in total. The minimum atomic E-state index is -3.77. The highest BCUT2D eigenvalue weighted by molar-refractivity contribution is 7.56. The molecule has 0 bridgehead atoms. The molecule has 122 valence electrons. The zero-order valence-corrected chi connectivity index (χ0v) is 13.5. The first kappa shape index (κ1) is 16.1. The van der Waals surface area contributed by atoms with Gasteiger partial charge in [-0.15, -0.1) is 0 Å². The van der Waals surface area contributed by atoms with Crippen LogP contribution in [0, 0.1) is 5.82 Å². The highest BCUT2D eigenvalue weighted by Gasteiger charge is 2.29. The summed E-state index contributed by atoms with van der Waals surface area (Å²) >= 11 is 0. The molecular weight excluding hydrogens is 328 g/mol. The fourth-order valence-electron chi connectivity index (χ4n) is 1.99. The SMILES string of the molecule is O=P(Nc1ccc(F)cc1)(Oc1ccccc1)Oc1ccccc1. The van der Waals surface area contributed by atoms with Crippen LogP contribution in [-0.4, -0.2) is 0 Å². The van der Waals surface area contributed by atoms with E-state index in [1.165, 1.54) is 24.3 Å². The standard InChI is InChI=1S/C18H15FNO3P/c19-15-11-13-16(14-12-15)20-24(21,22-17-7-3-1-4-8-17)23-18-9-5-2-6-10-18/h1-14H,(H,20,21).